The Morgan fingerprint density at radius 1 is 1.57 bits per heavy atom. The van der Waals surface area contributed by atoms with Crippen LogP contribution >= 0.6 is 22.9 Å². The molecular formula is C9H14ClN3S. The van der Waals surface area contributed by atoms with E-state index in [4.69, 9.17) is 11.6 Å². The molecule has 5 heteroatoms. The van der Waals surface area contributed by atoms with Gasteiger partial charge in [-0.25, -0.2) is 0 Å². The van der Waals surface area contributed by atoms with E-state index >= 15 is 0 Å². The number of hydrogen-bond acceptors (Lipinski definition) is 4. The highest BCUT2D eigenvalue weighted by atomic mass is 35.5. The predicted molar refractivity (Wildman–Crippen MR) is 60.2 cm³/mol. The van der Waals surface area contributed by atoms with E-state index in [9.17, 15) is 0 Å². The van der Waals surface area contributed by atoms with Gasteiger partial charge in [0.2, 0.25) is 5.13 Å². The van der Waals surface area contributed by atoms with Crippen molar-refractivity contribution >= 4 is 28.1 Å². The number of anilines is 1. The zero-order valence-electron chi connectivity index (χ0n) is 8.19. The molecular weight excluding hydrogens is 218 g/mol. The number of alkyl halides is 1. The molecule has 1 saturated heterocycles. The van der Waals surface area contributed by atoms with Crippen LogP contribution in [-0.4, -0.2) is 28.7 Å². The predicted octanol–water partition coefficient (Wildman–Crippen LogP) is 2.38. The molecule has 1 aromatic heterocycles. The normalized spacial score (nSPS) is 21.1. The summed E-state index contributed by atoms with van der Waals surface area (Å²) in [7, 11) is 0. The van der Waals surface area contributed by atoms with Gasteiger partial charge in [-0.05, 0) is 25.7 Å². The average molecular weight is 232 g/mol. The van der Waals surface area contributed by atoms with E-state index in [-0.39, 0.29) is 0 Å². The second-order valence-corrected chi connectivity index (χ2v) is 5.22. The molecule has 0 saturated carbocycles. The van der Waals surface area contributed by atoms with Gasteiger partial charge in [0.1, 0.15) is 5.51 Å². The molecule has 1 unspecified atom stereocenters. The average Bonchev–Trinajstić information content (AvgIpc) is 2.71. The van der Waals surface area contributed by atoms with Crippen LogP contribution in [0.2, 0.25) is 0 Å². The highest BCUT2D eigenvalue weighted by Crippen LogP contribution is 2.27. The van der Waals surface area contributed by atoms with Crippen LogP contribution in [0.5, 0.6) is 0 Å². The molecule has 1 fully saturated rings. The minimum atomic E-state index is 0.298. The maximum Gasteiger partial charge on any atom is 0.208 e. The van der Waals surface area contributed by atoms with Crippen LogP contribution in [0.4, 0.5) is 5.13 Å². The number of rotatable bonds is 2. The molecule has 1 aliphatic rings. The third-order valence-corrected chi connectivity index (χ3v) is 3.91. The van der Waals surface area contributed by atoms with Crippen molar-refractivity contribution in [3.63, 3.8) is 0 Å². The maximum absolute atomic E-state index is 6.09. The van der Waals surface area contributed by atoms with E-state index in [1.807, 2.05) is 0 Å². The van der Waals surface area contributed by atoms with Crippen LogP contribution in [0.25, 0.3) is 0 Å². The Labute approximate surface area is 93.1 Å². The Morgan fingerprint density at radius 2 is 2.29 bits per heavy atom. The lowest BCUT2D eigenvalue weighted by molar-refractivity contribution is 0.399. The summed E-state index contributed by atoms with van der Waals surface area (Å²) in [5, 5.41) is 9.27. The fourth-order valence-electron chi connectivity index (χ4n) is 1.86. The fraction of sp³-hybridized carbons (Fsp3) is 0.778. The lowest BCUT2D eigenvalue weighted by Gasteiger charge is -2.32. The van der Waals surface area contributed by atoms with Gasteiger partial charge in [-0.1, -0.05) is 11.3 Å². The largest absolute Gasteiger partial charge is 0.347 e. The van der Waals surface area contributed by atoms with Crippen molar-refractivity contribution in [2.75, 3.05) is 18.0 Å². The van der Waals surface area contributed by atoms with Gasteiger partial charge in [0, 0.05) is 18.5 Å². The van der Waals surface area contributed by atoms with Crippen molar-refractivity contribution < 1.29 is 0 Å². The van der Waals surface area contributed by atoms with Crippen molar-refractivity contribution in [3.8, 4) is 0 Å². The molecule has 78 valence electrons. The summed E-state index contributed by atoms with van der Waals surface area (Å²) in [6.07, 6.45) is 2.34. The molecule has 1 atom stereocenters. The lowest BCUT2D eigenvalue weighted by Crippen LogP contribution is -2.35. The van der Waals surface area contributed by atoms with Crippen molar-refractivity contribution in [1.29, 1.82) is 0 Å². The van der Waals surface area contributed by atoms with Gasteiger partial charge < -0.3 is 4.90 Å². The number of aromatic nitrogens is 2. The van der Waals surface area contributed by atoms with Crippen molar-refractivity contribution in [2.24, 2.45) is 5.92 Å². The lowest BCUT2D eigenvalue weighted by atomic mass is 9.94. The molecule has 0 spiro atoms. The smallest absolute Gasteiger partial charge is 0.208 e. The molecule has 0 aliphatic carbocycles. The highest BCUT2D eigenvalue weighted by Gasteiger charge is 2.23. The highest BCUT2D eigenvalue weighted by molar-refractivity contribution is 7.13. The van der Waals surface area contributed by atoms with Gasteiger partial charge in [-0.2, -0.15) is 0 Å². The van der Waals surface area contributed by atoms with E-state index in [2.05, 4.69) is 22.0 Å². The molecule has 0 amide bonds. The molecule has 14 heavy (non-hydrogen) atoms. The third-order valence-electron chi connectivity index (χ3n) is 2.81. The van der Waals surface area contributed by atoms with Crippen molar-refractivity contribution in [2.45, 2.75) is 25.1 Å². The molecule has 0 bridgehead atoms. The Kier molecular flexibility index (Phi) is 3.23. The summed E-state index contributed by atoms with van der Waals surface area (Å²) in [6.45, 7) is 4.22. The van der Waals surface area contributed by atoms with Gasteiger partial charge in [0.25, 0.3) is 0 Å². The maximum atomic E-state index is 6.09. The Bertz CT molecular complexity index is 268. The molecule has 0 aromatic carbocycles. The van der Waals surface area contributed by atoms with E-state index in [0.717, 1.165) is 18.2 Å². The Balaban J connectivity index is 1.90. The van der Waals surface area contributed by atoms with Crippen LogP contribution in [0.15, 0.2) is 5.51 Å². The monoisotopic (exact) mass is 231 g/mol. The van der Waals surface area contributed by atoms with Gasteiger partial charge >= 0.3 is 0 Å². The summed E-state index contributed by atoms with van der Waals surface area (Å²) < 4.78 is 0. The fourth-order valence-corrected chi connectivity index (χ4v) is 2.72. The second kappa shape index (κ2) is 4.45. The summed E-state index contributed by atoms with van der Waals surface area (Å²) in [5.74, 6) is 0.667. The first kappa shape index (κ1) is 10.2. The zero-order valence-corrected chi connectivity index (χ0v) is 9.76. The van der Waals surface area contributed by atoms with Crippen LogP contribution in [0, 0.1) is 5.92 Å². The van der Waals surface area contributed by atoms with Crippen molar-refractivity contribution in [1.82, 2.24) is 10.2 Å². The number of hydrogen-bond donors (Lipinski definition) is 0. The number of nitrogens with zero attached hydrogens (tertiary/aromatic N) is 3. The quantitative estimate of drug-likeness (QED) is 0.732. The summed E-state index contributed by atoms with van der Waals surface area (Å²) in [6, 6.07) is 0. The minimum Gasteiger partial charge on any atom is -0.347 e. The summed E-state index contributed by atoms with van der Waals surface area (Å²) in [5.41, 5.74) is 1.78. The van der Waals surface area contributed by atoms with Gasteiger partial charge in [-0.15, -0.1) is 21.8 Å². The topological polar surface area (TPSA) is 29.0 Å². The number of piperidine rings is 1. The standard InChI is InChI=1S/C9H14ClN3S/c1-7(10)8-2-4-13(5-3-8)9-12-11-6-14-9/h6-8H,2-5H2,1H3. The molecule has 1 aliphatic heterocycles. The number of halogens is 1. The van der Waals surface area contributed by atoms with Gasteiger partial charge in [-0.3, -0.25) is 0 Å². The van der Waals surface area contributed by atoms with Gasteiger partial charge in [0.15, 0.2) is 0 Å². The van der Waals surface area contributed by atoms with E-state index in [1.54, 1.807) is 16.8 Å². The second-order valence-electron chi connectivity index (χ2n) is 3.72. The zero-order chi connectivity index (χ0) is 9.97. The summed E-state index contributed by atoms with van der Waals surface area (Å²) in [4.78, 5) is 2.30. The first-order valence-corrected chi connectivity index (χ1v) is 6.24. The van der Waals surface area contributed by atoms with Crippen LogP contribution in [-0.2, 0) is 0 Å². The van der Waals surface area contributed by atoms with Crippen LogP contribution in [0.1, 0.15) is 19.8 Å². The Hall–Kier alpha value is -0.350. The van der Waals surface area contributed by atoms with E-state index in [1.165, 1.54) is 12.8 Å². The first-order valence-electron chi connectivity index (χ1n) is 4.92. The van der Waals surface area contributed by atoms with Crippen LogP contribution in [0.3, 0.4) is 0 Å². The molecule has 1 aromatic rings. The van der Waals surface area contributed by atoms with Gasteiger partial charge in [0.05, 0.1) is 0 Å². The first-order chi connectivity index (χ1) is 6.77. The SMILES string of the molecule is CC(Cl)C1CCN(c2nncs2)CC1. The molecule has 0 radical (unpaired) electrons. The summed E-state index contributed by atoms with van der Waals surface area (Å²) >= 11 is 7.70. The van der Waals surface area contributed by atoms with Crippen molar-refractivity contribution in [3.05, 3.63) is 5.51 Å². The van der Waals surface area contributed by atoms with E-state index < -0.39 is 0 Å². The minimum absolute atomic E-state index is 0.298. The molecule has 3 nitrogen and oxygen atoms in total. The third kappa shape index (κ3) is 2.17. The van der Waals surface area contributed by atoms with Crippen LogP contribution < -0.4 is 4.90 Å². The van der Waals surface area contributed by atoms with E-state index in [0.29, 0.717) is 11.3 Å². The molecule has 2 heterocycles. The molecule has 0 N–H and O–H groups in total. The Morgan fingerprint density at radius 3 is 2.79 bits per heavy atom. The molecule has 2 rings (SSSR count).